The van der Waals surface area contributed by atoms with E-state index in [1.807, 2.05) is 6.92 Å². The highest BCUT2D eigenvalue weighted by atomic mass is 19.3. The number of aromatic nitrogens is 2. The Bertz CT molecular complexity index is 317. The molecule has 0 bridgehead atoms. The number of halogens is 2. The van der Waals surface area contributed by atoms with Crippen molar-refractivity contribution < 1.29 is 13.5 Å². The molecule has 2 atom stereocenters. The van der Waals surface area contributed by atoms with E-state index >= 15 is 0 Å². The van der Waals surface area contributed by atoms with Crippen molar-refractivity contribution in [2.45, 2.75) is 31.9 Å². The summed E-state index contributed by atoms with van der Waals surface area (Å²) in [5.74, 6) is 0. The maximum atomic E-state index is 12.1. The third-order valence-electron chi connectivity index (χ3n) is 2.32. The van der Waals surface area contributed by atoms with Crippen molar-refractivity contribution in [3.05, 3.63) is 18.0 Å². The number of alkyl halides is 2. The zero-order chi connectivity index (χ0) is 12.1. The van der Waals surface area contributed by atoms with Crippen LogP contribution in [0, 0.1) is 0 Å². The summed E-state index contributed by atoms with van der Waals surface area (Å²) in [5.41, 5.74) is 6.57. The van der Waals surface area contributed by atoms with Gasteiger partial charge in [0.05, 0.1) is 6.20 Å². The topological polar surface area (TPSA) is 53.1 Å². The molecule has 1 aromatic heterocycles. The van der Waals surface area contributed by atoms with E-state index in [1.54, 1.807) is 24.1 Å². The van der Waals surface area contributed by atoms with Crippen LogP contribution in [0.15, 0.2) is 12.4 Å². The first kappa shape index (κ1) is 13.1. The first-order valence-electron chi connectivity index (χ1n) is 5.18. The molecular weight excluding hydrogens is 216 g/mol. The first-order valence-corrected chi connectivity index (χ1v) is 5.18. The summed E-state index contributed by atoms with van der Waals surface area (Å²) < 4.78 is 30.9. The molecule has 16 heavy (non-hydrogen) atoms. The summed E-state index contributed by atoms with van der Waals surface area (Å²) in [6.07, 6.45) is 0.969. The molecule has 1 heterocycles. The number of nitrogens with two attached hydrogens (primary N) is 1. The highest BCUT2D eigenvalue weighted by Crippen LogP contribution is 2.22. The maximum Gasteiger partial charge on any atom is 0.261 e. The van der Waals surface area contributed by atoms with Crippen LogP contribution in [0.4, 0.5) is 8.78 Å². The smallest absolute Gasteiger partial charge is 0.261 e. The van der Waals surface area contributed by atoms with Gasteiger partial charge in [0.1, 0.15) is 12.7 Å². The van der Waals surface area contributed by atoms with Gasteiger partial charge in [0.15, 0.2) is 0 Å². The molecule has 0 aliphatic carbocycles. The standard InChI is InChI=1S/C10H17F2N3O/c1-3-8(13)10(16-6-9(11)12)7-4-14-15(2)5-7/h4-5,8-10H,3,6,13H2,1-2H3. The van der Waals surface area contributed by atoms with Gasteiger partial charge in [-0.05, 0) is 6.42 Å². The molecule has 0 fully saturated rings. The second-order valence-corrected chi connectivity index (χ2v) is 3.66. The Morgan fingerprint density at radius 2 is 2.25 bits per heavy atom. The Morgan fingerprint density at radius 1 is 1.56 bits per heavy atom. The molecular formula is C10H17F2N3O. The Labute approximate surface area is 93.4 Å². The predicted molar refractivity (Wildman–Crippen MR) is 56.2 cm³/mol. The first-order chi connectivity index (χ1) is 7.54. The molecule has 0 spiro atoms. The molecule has 0 saturated carbocycles. The summed E-state index contributed by atoms with van der Waals surface area (Å²) in [6, 6.07) is -0.303. The van der Waals surface area contributed by atoms with Crippen LogP contribution in [-0.4, -0.2) is 28.9 Å². The quantitative estimate of drug-likeness (QED) is 0.809. The second kappa shape index (κ2) is 5.91. The lowest BCUT2D eigenvalue weighted by molar-refractivity contribution is -0.0351. The molecule has 2 unspecified atom stereocenters. The number of ether oxygens (including phenoxy) is 1. The molecule has 1 rings (SSSR count). The number of hydrogen-bond acceptors (Lipinski definition) is 3. The zero-order valence-electron chi connectivity index (χ0n) is 9.44. The number of aryl methyl sites for hydroxylation is 1. The van der Waals surface area contributed by atoms with E-state index in [-0.39, 0.29) is 6.04 Å². The van der Waals surface area contributed by atoms with E-state index < -0.39 is 19.1 Å². The summed E-state index contributed by atoms with van der Waals surface area (Å²) >= 11 is 0. The molecule has 0 saturated heterocycles. The van der Waals surface area contributed by atoms with Crippen molar-refractivity contribution in [3.8, 4) is 0 Å². The number of rotatable bonds is 6. The van der Waals surface area contributed by atoms with E-state index in [0.29, 0.717) is 6.42 Å². The SMILES string of the molecule is CCC(N)C(OCC(F)F)c1cnn(C)c1. The van der Waals surface area contributed by atoms with Gasteiger partial charge < -0.3 is 10.5 Å². The largest absolute Gasteiger partial charge is 0.366 e. The van der Waals surface area contributed by atoms with E-state index in [4.69, 9.17) is 10.5 Å². The molecule has 0 aliphatic heterocycles. The molecule has 0 amide bonds. The van der Waals surface area contributed by atoms with Crippen LogP contribution in [0.5, 0.6) is 0 Å². The van der Waals surface area contributed by atoms with Gasteiger partial charge in [-0.3, -0.25) is 4.68 Å². The summed E-state index contributed by atoms with van der Waals surface area (Å²) in [7, 11) is 1.76. The van der Waals surface area contributed by atoms with Gasteiger partial charge in [-0.15, -0.1) is 0 Å². The van der Waals surface area contributed by atoms with Crippen molar-refractivity contribution in [3.63, 3.8) is 0 Å². The van der Waals surface area contributed by atoms with Crippen LogP contribution in [0.2, 0.25) is 0 Å². The average Bonchev–Trinajstić information content (AvgIpc) is 2.64. The number of nitrogens with zero attached hydrogens (tertiary/aromatic N) is 2. The van der Waals surface area contributed by atoms with Crippen LogP contribution in [-0.2, 0) is 11.8 Å². The lowest BCUT2D eigenvalue weighted by Crippen LogP contribution is -2.30. The fourth-order valence-corrected chi connectivity index (χ4v) is 1.44. The molecule has 4 nitrogen and oxygen atoms in total. The van der Waals surface area contributed by atoms with Crippen molar-refractivity contribution in [1.82, 2.24) is 9.78 Å². The monoisotopic (exact) mass is 233 g/mol. The number of hydrogen-bond donors (Lipinski definition) is 1. The Balaban J connectivity index is 2.71. The van der Waals surface area contributed by atoms with E-state index in [0.717, 1.165) is 5.56 Å². The molecule has 1 aromatic rings. The van der Waals surface area contributed by atoms with Gasteiger partial charge in [0.2, 0.25) is 0 Å². The molecule has 0 aromatic carbocycles. The maximum absolute atomic E-state index is 12.1. The minimum atomic E-state index is -2.48. The average molecular weight is 233 g/mol. The summed E-state index contributed by atoms with van der Waals surface area (Å²) in [4.78, 5) is 0. The van der Waals surface area contributed by atoms with Crippen LogP contribution >= 0.6 is 0 Å². The Kier molecular flexibility index (Phi) is 4.82. The molecule has 2 N–H and O–H groups in total. The van der Waals surface area contributed by atoms with Crippen molar-refractivity contribution in [2.75, 3.05) is 6.61 Å². The van der Waals surface area contributed by atoms with Crippen LogP contribution in [0.3, 0.4) is 0 Å². The van der Waals surface area contributed by atoms with E-state index in [1.165, 1.54) is 0 Å². The minimum Gasteiger partial charge on any atom is -0.366 e. The lowest BCUT2D eigenvalue weighted by Gasteiger charge is -2.22. The second-order valence-electron chi connectivity index (χ2n) is 3.66. The van der Waals surface area contributed by atoms with Gasteiger partial charge in [-0.1, -0.05) is 6.92 Å². The van der Waals surface area contributed by atoms with Gasteiger partial charge in [0.25, 0.3) is 6.43 Å². The lowest BCUT2D eigenvalue weighted by atomic mass is 10.0. The van der Waals surface area contributed by atoms with Crippen LogP contribution in [0.1, 0.15) is 25.0 Å². The van der Waals surface area contributed by atoms with E-state index in [2.05, 4.69) is 5.10 Å². The highest BCUT2D eigenvalue weighted by molar-refractivity contribution is 5.10. The minimum absolute atomic E-state index is 0.303. The van der Waals surface area contributed by atoms with Crippen LogP contribution in [0.25, 0.3) is 0 Å². The van der Waals surface area contributed by atoms with Crippen molar-refractivity contribution in [1.29, 1.82) is 0 Å². The Morgan fingerprint density at radius 3 is 2.69 bits per heavy atom. The van der Waals surface area contributed by atoms with Gasteiger partial charge in [0, 0.05) is 24.8 Å². The van der Waals surface area contributed by atoms with Crippen molar-refractivity contribution in [2.24, 2.45) is 12.8 Å². The van der Waals surface area contributed by atoms with E-state index in [9.17, 15) is 8.78 Å². The van der Waals surface area contributed by atoms with Crippen molar-refractivity contribution >= 4 is 0 Å². The van der Waals surface area contributed by atoms with Gasteiger partial charge >= 0.3 is 0 Å². The van der Waals surface area contributed by atoms with Crippen LogP contribution < -0.4 is 5.73 Å². The molecule has 0 radical (unpaired) electrons. The fourth-order valence-electron chi connectivity index (χ4n) is 1.44. The molecule has 92 valence electrons. The van der Waals surface area contributed by atoms with Gasteiger partial charge in [-0.25, -0.2) is 8.78 Å². The van der Waals surface area contributed by atoms with Gasteiger partial charge in [-0.2, -0.15) is 5.10 Å². The summed E-state index contributed by atoms with van der Waals surface area (Å²) in [5, 5.41) is 3.97. The Hall–Kier alpha value is -1.01. The predicted octanol–water partition coefficient (Wildman–Crippen LogP) is 1.48. The fraction of sp³-hybridized carbons (Fsp3) is 0.700. The molecule has 0 aliphatic rings. The third kappa shape index (κ3) is 3.53. The normalized spacial score (nSPS) is 15.4. The highest BCUT2D eigenvalue weighted by Gasteiger charge is 2.22. The zero-order valence-corrected chi connectivity index (χ0v) is 9.44. The third-order valence-corrected chi connectivity index (χ3v) is 2.32. The summed E-state index contributed by atoms with van der Waals surface area (Å²) in [6.45, 7) is 1.28. The molecule has 6 heteroatoms.